The quantitative estimate of drug-likeness (QED) is 0.747. The van der Waals surface area contributed by atoms with Crippen molar-refractivity contribution in [2.75, 3.05) is 5.88 Å². The van der Waals surface area contributed by atoms with E-state index >= 15 is 0 Å². The van der Waals surface area contributed by atoms with Crippen LogP contribution in [0.5, 0.6) is 0 Å². The van der Waals surface area contributed by atoms with Gasteiger partial charge in [0.05, 0.1) is 5.41 Å². The number of hydrogen-bond donors (Lipinski definition) is 0. The van der Waals surface area contributed by atoms with Crippen LogP contribution in [0, 0.1) is 5.41 Å². The first-order valence-electron chi connectivity index (χ1n) is 6.45. The van der Waals surface area contributed by atoms with Crippen LogP contribution >= 0.6 is 11.6 Å². The normalized spacial score (nSPS) is 15.5. The summed E-state index contributed by atoms with van der Waals surface area (Å²) in [5, 5.41) is 0. The minimum atomic E-state index is -0.473. The van der Waals surface area contributed by atoms with E-state index in [2.05, 4.69) is 12.1 Å². The third kappa shape index (κ3) is 3.05. The second kappa shape index (κ2) is 5.31. The minimum Gasteiger partial charge on any atom is -0.335 e. The van der Waals surface area contributed by atoms with Crippen LogP contribution in [0.25, 0.3) is 0 Å². The SMILES string of the molecule is CC(C)(CCl)C(=O)N(Cc1ccccc1)C1CC1. The molecule has 0 saturated heterocycles. The van der Waals surface area contributed by atoms with Crippen molar-refractivity contribution in [2.45, 2.75) is 39.3 Å². The molecule has 18 heavy (non-hydrogen) atoms. The number of carbonyl (C=O) groups excluding carboxylic acids is 1. The summed E-state index contributed by atoms with van der Waals surface area (Å²) in [6.45, 7) is 4.54. The van der Waals surface area contributed by atoms with Crippen molar-refractivity contribution in [3.63, 3.8) is 0 Å². The van der Waals surface area contributed by atoms with Crippen molar-refractivity contribution < 1.29 is 4.79 Å². The first-order chi connectivity index (χ1) is 8.54. The zero-order chi connectivity index (χ0) is 13.2. The van der Waals surface area contributed by atoms with Gasteiger partial charge in [0.15, 0.2) is 0 Å². The first-order valence-corrected chi connectivity index (χ1v) is 6.99. The molecule has 0 radical (unpaired) electrons. The van der Waals surface area contributed by atoms with Gasteiger partial charge >= 0.3 is 0 Å². The average Bonchev–Trinajstić information content (AvgIpc) is 3.20. The Kier molecular flexibility index (Phi) is 3.96. The van der Waals surface area contributed by atoms with E-state index in [0.29, 0.717) is 18.5 Å². The van der Waals surface area contributed by atoms with Gasteiger partial charge in [-0.2, -0.15) is 0 Å². The van der Waals surface area contributed by atoms with Gasteiger partial charge in [-0.05, 0) is 32.3 Å². The maximum Gasteiger partial charge on any atom is 0.229 e. The molecule has 0 heterocycles. The fourth-order valence-corrected chi connectivity index (χ4v) is 2.09. The highest BCUT2D eigenvalue weighted by Gasteiger charge is 2.39. The molecule has 0 unspecified atom stereocenters. The van der Waals surface area contributed by atoms with Crippen LogP contribution in [0.1, 0.15) is 32.3 Å². The van der Waals surface area contributed by atoms with Crippen molar-refractivity contribution in [2.24, 2.45) is 5.41 Å². The molecule has 0 aliphatic heterocycles. The number of carbonyl (C=O) groups is 1. The highest BCUT2D eigenvalue weighted by atomic mass is 35.5. The standard InChI is InChI=1S/C15H20ClNO/c1-15(2,11-16)14(18)17(13-8-9-13)10-12-6-4-3-5-7-12/h3-7,13H,8-11H2,1-2H3. The molecule has 2 nitrogen and oxygen atoms in total. The molecule has 0 aromatic heterocycles. The fraction of sp³-hybridized carbons (Fsp3) is 0.533. The van der Waals surface area contributed by atoms with Crippen LogP contribution in [-0.2, 0) is 11.3 Å². The zero-order valence-corrected chi connectivity index (χ0v) is 11.8. The van der Waals surface area contributed by atoms with Crippen molar-refractivity contribution >= 4 is 17.5 Å². The molecule has 0 N–H and O–H groups in total. The summed E-state index contributed by atoms with van der Waals surface area (Å²) in [4.78, 5) is 14.5. The van der Waals surface area contributed by atoms with Crippen LogP contribution in [0.4, 0.5) is 0 Å². The maximum absolute atomic E-state index is 12.5. The smallest absolute Gasteiger partial charge is 0.229 e. The molecule has 1 aromatic carbocycles. The van der Waals surface area contributed by atoms with Gasteiger partial charge in [0.25, 0.3) is 0 Å². The average molecular weight is 266 g/mol. The van der Waals surface area contributed by atoms with Gasteiger partial charge in [0, 0.05) is 18.5 Å². The van der Waals surface area contributed by atoms with Gasteiger partial charge in [0.2, 0.25) is 5.91 Å². The molecule has 3 heteroatoms. The Hall–Kier alpha value is -1.02. The third-order valence-electron chi connectivity index (χ3n) is 3.36. The van der Waals surface area contributed by atoms with E-state index in [-0.39, 0.29) is 5.91 Å². The van der Waals surface area contributed by atoms with Crippen LogP contribution < -0.4 is 0 Å². The molecule has 1 amide bonds. The van der Waals surface area contributed by atoms with Crippen LogP contribution in [0.2, 0.25) is 0 Å². The summed E-state index contributed by atoms with van der Waals surface area (Å²) in [7, 11) is 0. The molecule has 2 rings (SSSR count). The van der Waals surface area contributed by atoms with E-state index in [1.165, 1.54) is 5.56 Å². The van der Waals surface area contributed by atoms with E-state index in [1.54, 1.807) is 0 Å². The van der Waals surface area contributed by atoms with E-state index in [4.69, 9.17) is 11.6 Å². The zero-order valence-electron chi connectivity index (χ0n) is 11.0. The summed E-state index contributed by atoms with van der Waals surface area (Å²) < 4.78 is 0. The lowest BCUT2D eigenvalue weighted by molar-refractivity contribution is -0.140. The van der Waals surface area contributed by atoms with Crippen molar-refractivity contribution in [3.8, 4) is 0 Å². The van der Waals surface area contributed by atoms with Crippen LogP contribution in [0.3, 0.4) is 0 Å². The van der Waals surface area contributed by atoms with Crippen LogP contribution in [0.15, 0.2) is 30.3 Å². The highest BCUT2D eigenvalue weighted by Crippen LogP contribution is 2.33. The second-order valence-corrected chi connectivity index (χ2v) is 5.93. The van der Waals surface area contributed by atoms with Crippen molar-refractivity contribution in [1.82, 2.24) is 4.90 Å². The molecule has 98 valence electrons. The van der Waals surface area contributed by atoms with Gasteiger partial charge in [0.1, 0.15) is 0 Å². The molecular weight excluding hydrogens is 246 g/mol. The summed E-state index contributed by atoms with van der Waals surface area (Å²) in [6.07, 6.45) is 2.24. The van der Waals surface area contributed by atoms with Gasteiger partial charge in [-0.1, -0.05) is 30.3 Å². The van der Waals surface area contributed by atoms with Crippen molar-refractivity contribution in [3.05, 3.63) is 35.9 Å². The Balaban J connectivity index is 2.12. The number of rotatable bonds is 5. The summed E-state index contributed by atoms with van der Waals surface area (Å²) in [6, 6.07) is 10.6. The molecule has 1 aromatic rings. The van der Waals surface area contributed by atoms with Crippen molar-refractivity contribution in [1.29, 1.82) is 0 Å². The summed E-state index contributed by atoms with van der Waals surface area (Å²) >= 11 is 5.91. The Labute approximate surface area is 114 Å². The highest BCUT2D eigenvalue weighted by molar-refractivity contribution is 6.19. The van der Waals surface area contributed by atoms with E-state index in [9.17, 15) is 4.79 Å². The Bertz CT molecular complexity index is 412. The Morgan fingerprint density at radius 3 is 2.44 bits per heavy atom. The second-order valence-electron chi connectivity index (χ2n) is 5.67. The molecular formula is C15H20ClNO. The first kappa shape index (κ1) is 13.4. The maximum atomic E-state index is 12.5. The molecule has 1 fully saturated rings. The largest absolute Gasteiger partial charge is 0.335 e. The van der Waals surface area contributed by atoms with E-state index in [1.807, 2.05) is 36.9 Å². The minimum absolute atomic E-state index is 0.170. The summed E-state index contributed by atoms with van der Waals surface area (Å²) in [5.74, 6) is 0.535. The lowest BCUT2D eigenvalue weighted by Crippen LogP contribution is -2.42. The van der Waals surface area contributed by atoms with E-state index in [0.717, 1.165) is 12.8 Å². The number of alkyl halides is 1. The Morgan fingerprint density at radius 1 is 1.33 bits per heavy atom. The number of nitrogens with zero attached hydrogens (tertiary/aromatic N) is 1. The molecule has 0 spiro atoms. The number of amides is 1. The predicted molar refractivity (Wildman–Crippen MR) is 74.5 cm³/mol. The lowest BCUT2D eigenvalue weighted by Gasteiger charge is -2.31. The van der Waals surface area contributed by atoms with Gasteiger partial charge < -0.3 is 4.90 Å². The molecule has 0 atom stereocenters. The fourth-order valence-electron chi connectivity index (χ4n) is 1.98. The van der Waals surface area contributed by atoms with Gasteiger partial charge in [-0.3, -0.25) is 4.79 Å². The number of hydrogen-bond acceptors (Lipinski definition) is 1. The number of benzene rings is 1. The van der Waals surface area contributed by atoms with E-state index < -0.39 is 5.41 Å². The van der Waals surface area contributed by atoms with Gasteiger partial charge in [-0.15, -0.1) is 11.6 Å². The predicted octanol–water partition coefficient (Wildman–Crippen LogP) is 3.44. The molecule has 1 aliphatic rings. The van der Waals surface area contributed by atoms with Gasteiger partial charge in [-0.25, -0.2) is 0 Å². The third-order valence-corrected chi connectivity index (χ3v) is 4.03. The lowest BCUT2D eigenvalue weighted by atomic mass is 9.94. The Morgan fingerprint density at radius 2 is 1.94 bits per heavy atom. The topological polar surface area (TPSA) is 20.3 Å². The van der Waals surface area contributed by atoms with Crippen LogP contribution in [-0.4, -0.2) is 22.7 Å². The number of halogens is 1. The molecule has 1 saturated carbocycles. The molecule has 1 aliphatic carbocycles. The monoisotopic (exact) mass is 265 g/mol. The summed E-state index contributed by atoms with van der Waals surface area (Å²) in [5.41, 5.74) is 0.710. The molecule has 0 bridgehead atoms.